The van der Waals surface area contributed by atoms with E-state index in [0.717, 1.165) is 56.1 Å². The van der Waals surface area contributed by atoms with Gasteiger partial charge in [-0.25, -0.2) is 4.98 Å². The first-order valence-electron chi connectivity index (χ1n) is 7.64. The second kappa shape index (κ2) is 4.68. The second-order valence-electron chi connectivity index (χ2n) is 6.42. The summed E-state index contributed by atoms with van der Waals surface area (Å²) in [5, 5.41) is 18.4. The van der Waals surface area contributed by atoms with Gasteiger partial charge in [-0.15, -0.1) is 0 Å². The van der Waals surface area contributed by atoms with Crippen molar-refractivity contribution in [3.8, 4) is 0 Å². The van der Waals surface area contributed by atoms with Gasteiger partial charge in [0, 0.05) is 24.4 Å². The van der Waals surface area contributed by atoms with Crippen molar-refractivity contribution < 1.29 is 5.11 Å². The molecular weight excluding hydrogens is 266 g/mol. The molecule has 1 atom stereocenters. The normalized spacial score (nSPS) is 25.0. The van der Waals surface area contributed by atoms with Crippen LogP contribution in [0, 0.1) is 12.3 Å². The molecule has 0 saturated carbocycles. The number of nitrogens with zero attached hydrogens (tertiary/aromatic N) is 4. The van der Waals surface area contributed by atoms with E-state index in [2.05, 4.69) is 20.3 Å². The molecule has 6 heteroatoms. The van der Waals surface area contributed by atoms with Crippen molar-refractivity contribution in [3.63, 3.8) is 0 Å². The number of aromatic nitrogens is 3. The quantitative estimate of drug-likeness (QED) is 0.817. The average Bonchev–Trinajstić information content (AvgIpc) is 3.04. The highest BCUT2D eigenvalue weighted by molar-refractivity contribution is 5.52. The van der Waals surface area contributed by atoms with Gasteiger partial charge in [-0.3, -0.25) is 0 Å². The zero-order valence-electron chi connectivity index (χ0n) is 12.3. The number of anilines is 1. The Hall–Kier alpha value is -1.66. The molecule has 2 aromatic rings. The molecule has 4 heterocycles. The number of piperidine rings is 1. The molecule has 0 radical (unpaired) electrons. The third-order valence-electron chi connectivity index (χ3n) is 4.91. The van der Waals surface area contributed by atoms with Crippen LogP contribution in [0.4, 0.5) is 5.82 Å². The Bertz CT molecular complexity index is 661. The molecule has 4 rings (SSSR count). The molecule has 2 fully saturated rings. The van der Waals surface area contributed by atoms with E-state index in [9.17, 15) is 5.11 Å². The van der Waals surface area contributed by atoms with E-state index < -0.39 is 6.23 Å². The summed E-state index contributed by atoms with van der Waals surface area (Å²) < 4.78 is 1.83. The first kappa shape index (κ1) is 13.0. The van der Waals surface area contributed by atoms with Crippen molar-refractivity contribution in [1.29, 1.82) is 0 Å². The van der Waals surface area contributed by atoms with Gasteiger partial charge in [0.2, 0.25) is 0 Å². The minimum Gasteiger partial charge on any atom is -0.374 e. The molecule has 1 spiro atoms. The summed E-state index contributed by atoms with van der Waals surface area (Å²) in [7, 11) is 0. The molecule has 2 N–H and O–H groups in total. The number of aliphatic hydroxyl groups excluding tert-OH is 1. The lowest BCUT2D eigenvalue weighted by Gasteiger charge is -2.33. The van der Waals surface area contributed by atoms with E-state index in [-0.39, 0.29) is 5.41 Å². The highest BCUT2D eigenvalue weighted by Crippen LogP contribution is 2.42. The van der Waals surface area contributed by atoms with Crippen LogP contribution in [0.2, 0.25) is 0 Å². The van der Waals surface area contributed by atoms with Crippen molar-refractivity contribution in [2.24, 2.45) is 5.41 Å². The molecule has 2 aromatic heterocycles. The number of aliphatic hydroxyl groups is 1. The van der Waals surface area contributed by atoms with E-state index in [1.54, 1.807) is 6.20 Å². The third-order valence-corrected chi connectivity index (χ3v) is 4.91. The van der Waals surface area contributed by atoms with Gasteiger partial charge in [-0.1, -0.05) is 0 Å². The average molecular weight is 287 g/mol. The Morgan fingerprint density at radius 2 is 2.19 bits per heavy atom. The highest BCUT2D eigenvalue weighted by Gasteiger charge is 2.44. The van der Waals surface area contributed by atoms with E-state index in [1.807, 2.05) is 23.6 Å². The first-order valence-corrected chi connectivity index (χ1v) is 7.64. The van der Waals surface area contributed by atoms with Gasteiger partial charge in [-0.05, 0) is 44.7 Å². The molecule has 1 unspecified atom stereocenters. The van der Waals surface area contributed by atoms with Crippen molar-refractivity contribution >= 4 is 11.5 Å². The van der Waals surface area contributed by atoms with Gasteiger partial charge < -0.3 is 15.3 Å². The standard InChI is InChI=1S/C15H21N5O/c1-11-8-13(20-12(18-11)2-5-17-20)19-10-15(9-14(19)21)3-6-16-7-4-15/h2,5,8,14,16,21H,3-4,6-7,9-10H2,1H3. The van der Waals surface area contributed by atoms with Crippen molar-refractivity contribution in [2.45, 2.75) is 32.4 Å². The zero-order chi connectivity index (χ0) is 14.4. The lowest BCUT2D eigenvalue weighted by atomic mass is 9.78. The van der Waals surface area contributed by atoms with Crippen LogP contribution in [0.3, 0.4) is 0 Å². The lowest BCUT2D eigenvalue weighted by Crippen LogP contribution is -2.39. The zero-order valence-corrected chi connectivity index (χ0v) is 12.3. The van der Waals surface area contributed by atoms with Crippen LogP contribution in [-0.2, 0) is 0 Å². The number of aryl methyl sites for hydroxylation is 1. The summed E-state index contributed by atoms with van der Waals surface area (Å²) in [6.07, 6.45) is 4.43. The lowest BCUT2D eigenvalue weighted by molar-refractivity contribution is 0.142. The summed E-state index contributed by atoms with van der Waals surface area (Å²) in [6, 6.07) is 3.92. The Balaban J connectivity index is 1.73. The summed E-state index contributed by atoms with van der Waals surface area (Å²) in [5.41, 5.74) is 2.03. The fourth-order valence-electron chi connectivity index (χ4n) is 3.80. The molecule has 21 heavy (non-hydrogen) atoms. The van der Waals surface area contributed by atoms with Crippen molar-refractivity contribution in [2.75, 3.05) is 24.5 Å². The monoisotopic (exact) mass is 287 g/mol. The van der Waals surface area contributed by atoms with E-state index in [0.29, 0.717) is 0 Å². The van der Waals surface area contributed by atoms with Crippen LogP contribution in [0.25, 0.3) is 5.65 Å². The number of rotatable bonds is 1. The molecule has 0 aromatic carbocycles. The van der Waals surface area contributed by atoms with Crippen LogP contribution in [0.5, 0.6) is 0 Å². The molecule has 2 aliphatic rings. The summed E-state index contributed by atoms with van der Waals surface area (Å²) in [5.74, 6) is 0.949. The predicted molar refractivity (Wildman–Crippen MR) is 80.2 cm³/mol. The van der Waals surface area contributed by atoms with Crippen LogP contribution in [0.15, 0.2) is 18.3 Å². The van der Waals surface area contributed by atoms with E-state index in [4.69, 9.17) is 0 Å². The van der Waals surface area contributed by atoms with Crippen LogP contribution < -0.4 is 10.2 Å². The smallest absolute Gasteiger partial charge is 0.157 e. The van der Waals surface area contributed by atoms with E-state index >= 15 is 0 Å². The minimum absolute atomic E-state index is 0.237. The molecule has 6 nitrogen and oxygen atoms in total. The van der Waals surface area contributed by atoms with Crippen LogP contribution in [0.1, 0.15) is 25.0 Å². The first-order chi connectivity index (χ1) is 10.2. The van der Waals surface area contributed by atoms with Gasteiger partial charge in [0.25, 0.3) is 0 Å². The number of fused-ring (bicyclic) bond motifs is 1. The Labute approximate surface area is 123 Å². The Morgan fingerprint density at radius 3 is 3.00 bits per heavy atom. The SMILES string of the molecule is Cc1cc(N2CC3(CCNCC3)CC2O)n2nccc2n1. The molecule has 0 amide bonds. The van der Waals surface area contributed by atoms with Crippen molar-refractivity contribution in [1.82, 2.24) is 19.9 Å². The van der Waals surface area contributed by atoms with Gasteiger partial charge in [-0.2, -0.15) is 9.61 Å². The van der Waals surface area contributed by atoms with Gasteiger partial charge in [0.1, 0.15) is 12.0 Å². The predicted octanol–water partition coefficient (Wildman–Crippen LogP) is 0.936. The molecular formula is C15H21N5O. The largest absolute Gasteiger partial charge is 0.374 e. The summed E-state index contributed by atoms with van der Waals surface area (Å²) in [4.78, 5) is 6.58. The Kier molecular flexibility index (Phi) is 2.90. The van der Waals surface area contributed by atoms with Gasteiger partial charge in [0.05, 0.1) is 6.20 Å². The highest BCUT2D eigenvalue weighted by atomic mass is 16.3. The fourth-order valence-corrected chi connectivity index (χ4v) is 3.80. The molecule has 0 bridgehead atoms. The summed E-state index contributed by atoms with van der Waals surface area (Å²) >= 11 is 0. The topological polar surface area (TPSA) is 65.7 Å². The molecule has 112 valence electrons. The fraction of sp³-hybridized carbons (Fsp3) is 0.600. The third kappa shape index (κ3) is 2.10. The van der Waals surface area contributed by atoms with Gasteiger partial charge in [0.15, 0.2) is 5.65 Å². The maximum absolute atomic E-state index is 10.6. The van der Waals surface area contributed by atoms with Crippen molar-refractivity contribution in [3.05, 3.63) is 24.0 Å². The molecule has 0 aliphatic carbocycles. The Morgan fingerprint density at radius 1 is 1.38 bits per heavy atom. The molecule has 2 saturated heterocycles. The maximum atomic E-state index is 10.6. The van der Waals surface area contributed by atoms with E-state index in [1.165, 1.54) is 0 Å². The van der Waals surface area contributed by atoms with Gasteiger partial charge >= 0.3 is 0 Å². The summed E-state index contributed by atoms with van der Waals surface area (Å²) in [6.45, 7) is 4.98. The number of hydrogen-bond donors (Lipinski definition) is 2. The minimum atomic E-state index is -0.433. The number of nitrogens with one attached hydrogen (secondary N) is 1. The maximum Gasteiger partial charge on any atom is 0.157 e. The van der Waals surface area contributed by atoms with Crippen LogP contribution >= 0.6 is 0 Å². The number of hydrogen-bond acceptors (Lipinski definition) is 5. The van der Waals surface area contributed by atoms with Crippen LogP contribution in [-0.4, -0.2) is 45.6 Å². The molecule has 2 aliphatic heterocycles. The second-order valence-corrected chi connectivity index (χ2v) is 6.42.